The summed E-state index contributed by atoms with van der Waals surface area (Å²) in [6, 6.07) is 12.3. The number of halogens is 2. The van der Waals surface area contributed by atoms with E-state index in [-0.39, 0.29) is 0 Å². The second-order valence-corrected chi connectivity index (χ2v) is 5.79. The van der Waals surface area contributed by atoms with Gasteiger partial charge in [0.2, 0.25) is 0 Å². The first-order valence-electron chi connectivity index (χ1n) is 6.13. The van der Waals surface area contributed by atoms with Gasteiger partial charge >= 0.3 is 0 Å². The minimum atomic E-state index is 0.536. The molecule has 3 heteroatoms. The van der Waals surface area contributed by atoms with Crippen LogP contribution in [0.1, 0.15) is 22.3 Å². The molecule has 0 aliphatic heterocycles. The molecule has 0 saturated carbocycles. The Morgan fingerprint density at radius 1 is 1.00 bits per heavy atom. The molecule has 0 atom stereocenters. The molecule has 0 saturated heterocycles. The maximum atomic E-state index is 5.93. The number of alkyl halides is 1. The predicted octanol–water partition coefficient (Wildman–Crippen LogP) is 5.38. The van der Waals surface area contributed by atoms with Gasteiger partial charge in [-0.25, -0.2) is 0 Å². The normalized spacial score (nSPS) is 10.5. The van der Waals surface area contributed by atoms with Crippen LogP contribution in [0.5, 0.6) is 5.75 Å². The van der Waals surface area contributed by atoms with Crippen LogP contribution in [0.4, 0.5) is 0 Å². The van der Waals surface area contributed by atoms with Crippen molar-refractivity contribution >= 4 is 27.5 Å². The summed E-state index contributed by atoms with van der Waals surface area (Å²) in [4.78, 5) is 0. The van der Waals surface area contributed by atoms with Crippen molar-refractivity contribution in [2.45, 2.75) is 26.3 Å². The lowest BCUT2D eigenvalue weighted by atomic mass is 10.1. The van der Waals surface area contributed by atoms with E-state index in [4.69, 9.17) is 16.3 Å². The largest absolute Gasteiger partial charge is 0.488 e. The topological polar surface area (TPSA) is 9.23 Å². The summed E-state index contributed by atoms with van der Waals surface area (Å²) in [7, 11) is 0. The molecule has 0 amide bonds. The molecule has 0 spiro atoms. The summed E-state index contributed by atoms with van der Waals surface area (Å²) < 4.78 is 7.01. The van der Waals surface area contributed by atoms with E-state index in [0.717, 1.165) is 32.5 Å². The molecule has 0 heterocycles. The summed E-state index contributed by atoms with van der Waals surface area (Å²) in [5, 5.41) is 0. The molecule has 0 bridgehead atoms. The Hall–Kier alpha value is -0.990. The Morgan fingerprint density at radius 3 is 2.11 bits per heavy atom. The molecule has 2 aromatic carbocycles. The highest BCUT2D eigenvalue weighted by Crippen LogP contribution is 2.26. The van der Waals surface area contributed by atoms with Gasteiger partial charge in [0, 0.05) is 10.4 Å². The maximum absolute atomic E-state index is 5.93. The molecular weight excluding hydrogens is 324 g/mol. The lowest BCUT2D eigenvalue weighted by Gasteiger charge is -2.13. The zero-order chi connectivity index (χ0) is 13.8. The van der Waals surface area contributed by atoms with Crippen molar-refractivity contribution in [2.24, 2.45) is 0 Å². The van der Waals surface area contributed by atoms with Crippen LogP contribution < -0.4 is 4.74 Å². The monoisotopic (exact) mass is 338 g/mol. The Morgan fingerprint density at radius 2 is 1.58 bits per heavy atom. The fraction of sp³-hybridized carbons (Fsp3) is 0.250. The Balaban J connectivity index is 2.13. The van der Waals surface area contributed by atoms with E-state index in [1.807, 2.05) is 12.1 Å². The van der Waals surface area contributed by atoms with Crippen LogP contribution in [0.2, 0.25) is 0 Å². The van der Waals surface area contributed by atoms with Crippen LogP contribution in [0.15, 0.2) is 40.9 Å². The molecule has 1 nitrogen and oxygen atoms in total. The first-order valence-corrected chi connectivity index (χ1v) is 7.46. The number of aryl methyl sites for hydroxylation is 2. The minimum absolute atomic E-state index is 0.536. The van der Waals surface area contributed by atoms with Crippen LogP contribution in [0.3, 0.4) is 0 Å². The molecule has 100 valence electrons. The molecule has 2 aromatic rings. The first-order chi connectivity index (χ1) is 9.10. The fourth-order valence-corrected chi connectivity index (χ4v) is 2.50. The third kappa shape index (κ3) is 3.74. The smallest absolute Gasteiger partial charge is 0.125 e. The molecule has 0 N–H and O–H groups in total. The van der Waals surface area contributed by atoms with Crippen molar-refractivity contribution in [3.8, 4) is 5.75 Å². The van der Waals surface area contributed by atoms with Crippen LogP contribution in [-0.2, 0) is 12.5 Å². The average molecular weight is 340 g/mol. The zero-order valence-corrected chi connectivity index (χ0v) is 13.4. The number of hydrogen-bond donors (Lipinski definition) is 0. The summed E-state index contributed by atoms with van der Waals surface area (Å²) in [6.07, 6.45) is 0. The Kier molecular flexibility index (Phi) is 4.89. The average Bonchev–Trinajstić information content (AvgIpc) is 2.39. The zero-order valence-electron chi connectivity index (χ0n) is 11.0. The highest BCUT2D eigenvalue weighted by molar-refractivity contribution is 9.10. The van der Waals surface area contributed by atoms with Crippen molar-refractivity contribution in [1.29, 1.82) is 0 Å². The molecule has 0 aliphatic carbocycles. The third-order valence-electron chi connectivity index (χ3n) is 2.97. The van der Waals surface area contributed by atoms with E-state index in [0.29, 0.717) is 12.5 Å². The number of hydrogen-bond acceptors (Lipinski definition) is 1. The molecule has 0 fully saturated rings. The summed E-state index contributed by atoms with van der Waals surface area (Å²) >= 11 is 9.29. The van der Waals surface area contributed by atoms with E-state index in [9.17, 15) is 0 Å². The van der Waals surface area contributed by atoms with Crippen molar-refractivity contribution in [2.75, 3.05) is 0 Å². The van der Waals surface area contributed by atoms with E-state index in [1.54, 1.807) is 0 Å². The van der Waals surface area contributed by atoms with Crippen LogP contribution in [-0.4, -0.2) is 0 Å². The summed E-state index contributed by atoms with van der Waals surface area (Å²) in [6.45, 7) is 4.69. The van der Waals surface area contributed by atoms with Crippen molar-refractivity contribution < 1.29 is 4.74 Å². The van der Waals surface area contributed by atoms with E-state index in [2.05, 4.69) is 54.0 Å². The van der Waals surface area contributed by atoms with Gasteiger partial charge < -0.3 is 4.74 Å². The van der Waals surface area contributed by atoms with Crippen LogP contribution in [0, 0.1) is 13.8 Å². The van der Waals surface area contributed by atoms with Crippen LogP contribution >= 0.6 is 27.5 Å². The molecule has 0 aromatic heterocycles. The first kappa shape index (κ1) is 14.4. The summed E-state index contributed by atoms with van der Waals surface area (Å²) in [5.41, 5.74) is 4.55. The number of benzene rings is 2. The molecular formula is C16H16BrClO. The predicted molar refractivity (Wildman–Crippen MR) is 83.9 cm³/mol. The standard InChI is InChI=1S/C16H16BrClO/c1-11-7-14(9-18)8-12(2)16(11)19-10-13-3-5-15(17)6-4-13/h3-8H,9-10H2,1-2H3. The Labute approximate surface area is 127 Å². The highest BCUT2D eigenvalue weighted by atomic mass is 79.9. The number of ether oxygens (including phenoxy) is 1. The SMILES string of the molecule is Cc1cc(CCl)cc(C)c1OCc1ccc(Br)cc1. The van der Waals surface area contributed by atoms with Gasteiger partial charge in [0.25, 0.3) is 0 Å². The van der Waals surface area contributed by atoms with Crippen molar-refractivity contribution in [3.05, 3.63) is 63.1 Å². The third-order valence-corrected chi connectivity index (χ3v) is 3.81. The Bertz CT molecular complexity index is 540. The van der Waals surface area contributed by atoms with E-state index < -0.39 is 0 Å². The lowest BCUT2D eigenvalue weighted by molar-refractivity contribution is 0.302. The molecule has 0 unspecified atom stereocenters. The fourth-order valence-electron chi connectivity index (χ4n) is 2.08. The van der Waals surface area contributed by atoms with Crippen molar-refractivity contribution in [1.82, 2.24) is 0 Å². The van der Waals surface area contributed by atoms with E-state index in [1.165, 1.54) is 0 Å². The second kappa shape index (κ2) is 6.44. The number of rotatable bonds is 4. The van der Waals surface area contributed by atoms with Crippen molar-refractivity contribution in [3.63, 3.8) is 0 Å². The second-order valence-electron chi connectivity index (χ2n) is 4.61. The maximum Gasteiger partial charge on any atom is 0.125 e. The van der Waals surface area contributed by atoms with Gasteiger partial charge in [-0.15, -0.1) is 11.6 Å². The lowest BCUT2D eigenvalue weighted by Crippen LogP contribution is -1.99. The van der Waals surface area contributed by atoms with E-state index >= 15 is 0 Å². The highest BCUT2D eigenvalue weighted by Gasteiger charge is 2.06. The van der Waals surface area contributed by atoms with Gasteiger partial charge in [-0.2, -0.15) is 0 Å². The van der Waals surface area contributed by atoms with Gasteiger partial charge in [0.15, 0.2) is 0 Å². The minimum Gasteiger partial charge on any atom is -0.488 e. The summed E-state index contributed by atoms with van der Waals surface area (Å²) in [5.74, 6) is 1.49. The van der Waals surface area contributed by atoms with Gasteiger partial charge in [0.05, 0.1) is 0 Å². The van der Waals surface area contributed by atoms with Gasteiger partial charge in [-0.3, -0.25) is 0 Å². The quantitative estimate of drug-likeness (QED) is 0.679. The molecule has 2 rings (SSSR count). The van der Waals surface area contributed by atoms with Crippen LogP contribution in [0.25, 0.3) is 0 Å². The van der Waals surface area contributed by atoms with Gasteiger partial charge in [-0.1, -0.05) is 40.2 Å². The molecule has 0 radical (unpaired) electrons. The molecule has 0 aliphatic rings. The van der Waals surface area contributed by atoms with Gasteiger partial charge in [-0.05, 0) is 48.2 Å². The van der Waals surface area contributed by atoms with Gasteiger partial charge in [0.1, 0.15) is 12.4 Å². The molecule has 19 heavy (non-hydrogen) atoms.